The van der Waals surface area contributed by atoms with Crippen LogP contribution in [-0.4, -0.2) is 43.3 Å². The molecule has 7 heteroatoms. The van der Waals surface area contributed by atoms with Gasteiger partial charge in [-0.05, 0) is 48.6 Å². The third-order valence-electron chi connectivity index (χ3n) is 5.80. The highest BCUT2D eigenvalue weighted by molar-refractivity contribution is 5.75. The number of benzene rings is 1. The van der Waals surface area contributed by atoms with E-state index in [2.05, 4.69) is 10.4 Å². The zero-order chi connectivity index (χ0) is 18.1. The Labute approximate surface area is 152 Å². The summed E-state index contributed by atoms with van der Waals surface area (Å²) in [5.41, 5.74) is 0.158. The van der Waals surface area contributed by atoms with Crippen LogP contribution in [0.2, 0.25) is 0 Å². The molecule has 0 unspecified atom stereocenters. The minimum atomic E-state index is -0.446. The summed E-state index contributed by atoms with van der Waals surface area (Å²) in [4.78, 5) is 27.7. The second-order valence-corrected chi connectivity index (χ2v) is 7.34. The Bertz CT molecular complexity index is 831. The maximum Gasteiger partial charge on any atom is 0.373 e. The Morgan fingerprint density at radius 1 is 1.15 bits per heavy atom. The predicted molar refractivity (Wildman–Crippen MR) is 97.1 cm³/mol. The number of carbonyl (C=O) groups excluding carboxylic acids is 1. The highest BCUT2D eigenvalue weighted by atomic mass is 16.2. The van der Waals surface area contributed by atoms with Gasteiger partial charge in [0.25, 0.3) is 0 Å². The first-order valence-corrected chi connectivity index (χ1v) is 9.59. The molecular formula is C19H25N5O2. The molecule has 2 saturated carbocycles. The van der Waals surface area contributed by atoms with Crippen LogP contribution in [0.4, 0.5) is 4.79 Å². The molecule has 1 aromatic heterocycles. The molecule has 0 aliphatic heterocycles. The number of amides is 1. The van der Waals surface area contributed by atoms with Crippen LogP contribution >= 0.6 is 0 Å². The van der Waals surface area contributed by atoms with Gasteiger partial charge >= 0.3 is 11.7 Å². The van der Waals surface area contributed by atoms with Gasteiger partial charge in [-0.25, -0.2) is 9.59 Å². The van der Waals surface area contributed by atoms with E-state index in [1.807, 2.05) is 37.3 Å². The van der Waals surface area contributed by atoms with Gasteiger partial charge in [0.15, 0.2) is 0 Å². The zero-order valence-electron chi connectivity index (χ0n) is 15.2. The lowest BCUT2D eigenvalue weighted by Crippen LogP contribution is -2.47. The van der Waals surface area contributed by atoms with Gasteiger partial charge in [-0.1, -0.05) is 49.6 Å². The third kappa shape index (κ3) is 2.75. The smallest absolute Gasteiger partial charge is 0.320 e. The van der Waals surface area contributed by atoms with Crippen LogP contribution in [0.1, 0.15) is 57.4 Å². The lowest BCUT2D eigenvalue weighted by molar-refractivity contribution is 0.157. The van der Waals surface area contributed by atoms with Crippen molar-refractivity contribution < 1.29 is 4.79 Å². The van der Waals surface area contributed by atoms with Crippen LogP contribution in [0.15, 0.2) is 35.1 Å². The number of aromatic nitrogens is 4. The molecule has 26 heavy (non-hydrogen) atoms. The highest BCUT2D eigenvalue weighted by Gasteiger charge is 2.49. The van der Waals surface area contributed by atoms with Gasteiger partial charge in [0, 0.05) is 12.6 Å². The van der Waals surface area contributed by atoms with Crippen molar-refractivity contribution in [2.45, 2.75) is 63.5 Å². The maximum absolute atomic E-state index is 13.0. The van der Waals surface area contributed by atoms with Gasteiger partial charge in [-0.3, -0.25) is 0 Å². The first-order valence-electron chi connectivity index (χ1n) is 9.59. The summed E-state index contributed by atoms with van der Waals surface area (Å²) in [6.07, 6.45) is 7.15. The van der Waals surface area contributed by atoms with E-state index in [0.717, 1.165) is 48.8 Å². The summed E-state index contributed by atoms with van der Waals surface area (Å²) in [6, 6.07) is 9.71. The lowest BCUT2D eigenvalue weighted by Gasteiger charge is -2.32. The molecule has 1 heterocycles. The van der Waals surface area contributed by atoms with Crippen molar-refractivity contribution in [3.05, 3.63) is 46.4 Å². The number of tetrazole rings is 1. The Kier molecular flexibility index (Phi) is 4.38. The van der Waals surface area contributed by atoms with Gasteiger partial charge in [0.05, 0.1) is 5.54 Å². The molecule has 1 amide bonds. The molecule has 0 bridgehead atoms. The highest BCUT2D eigenvalue weighted by Crippen LogP contribution is 2.47. The van der Waals surface area contributed by atoms with Gasteiger partial charge in [0.1, 0.15) is 0 Å². The molecule has 0 spiro atoms. The van der Waals surface area contributed by atoms with E-state index >= 15 is 0 Å². The number of carbonyl (C=O) groups is 1. The molecule has 4 rings (SSSR count). The van der Waals surface area contributed by atoms with E-state index in [4.69, 9.17) is 0 Å². The molecule has 2 aliphatic carbocycles. The van der Waals surface area contributed by atoms with Crippen molar-refractivity contribution in [3.8, 4) is 0 Å². The molecule has 2 aliphatic rings. The molecule has 0 atom stereocenters. The summed E-state index contributed by atoms with van der Waals surface area (Å²) in [6.45, 7) is 2.53. The van der Waals surface area contributed by atoms with Gasteiger partial charge in [0.2, 0.25) is 0 Å². The number of hydrogen-bond donors (Lipinski definition) is 0. The monoisotopic (exact) mass is 355 g/mol. The maximum atomic E-state index is 13.0. The average Bonchev–Trinajstić information content (AvgIpc) is 3.40. The summed E-state index contributed by atoms with van der Waals surface area (Å²) < 4.78 is 2.34. The van der Waals surface area contributed by atoms with Crippen molar-refractivity contribution in [2.75, 3.05) is 6.54 Å². The quantitative estimate of drug-likeness (QED) is 0.790. The molecule has 138 valence electrons. The fourth-order valence-electron chi connectivity index (χ4n) is 4.19. The molecule has 0 saturated heterocycles. The number of nitrogens with zero attached hydrogens (tertiary/aromatic N) is 5. The van der Waals surface area contributed by atoms with Crippen LogP contribution in [0, 0.1) is 0 Å². The van der Waals surface area contributed by atoms with E-state index < -0.39 is 11.2 Å². The molecule has 2 fully saturated rings. The minimum absolute atomic E-state index is 0.197. The van der Waals surface area contributed by atoms with Crippen molar-refractivity contribution in [3.63, 3.8) is 0 Å². The number of rotatable bonds is 4. The summed E-state index contributed by atoms with van der Waals surface area (Å²) in [5.74, 6) is 0. The lowest BCUT2D eigenvalue weighted by atomic mass is 9.94. The molecule has 0 radical (unpaired) electrons. The van der Waals surface area contributed by atoms with Crippen molar-refractivity contribution in [2.24, 2.45) is 0 Å². The van der Waals surface area contributed by atoms with Crippen LogP contribution in [0.3, 0.4) is 0 Å². The molecule has 7 nitrogen and oxygen atoms in total. The Morgan fingerprint density at radius 3 is 2.46 bits per heavy atom. The van der Waals surface area contributed by atoms with Gasteiger partial charge in [-0.15, -0.1) is 4.68 Å². The second kappa shape index (κ2) is 6.70. The van der Waals surface area contributed by atoms with Crippen LogP contribution in [0.25, 0.3) is 0 Å². The fraction of sp³-hybridized carbons (Fsp3) is 0.579. The average molecular weight is 355 g/mol. The Morgan fingerprint density at radius 2 is 1.85 bits per heavy atom. The first-order chi connectivity index (χ1) is 12.7. The number of hydrogen-bond acceptors (Lipinski definition) is 4. The zero-order valence-corrected chi connectivity index (χ0v) is 15.2. The van der Waals surface area contributed by atoms with E-state index in [1.165, 1.54) is 11.1 Å². The largest absolute Gasteiger partial charge is 0.373 e. The summed E-state index contributed by atoms with van der Waals surface area (Å²) in [5, 5.41) is 8.02. The van der Waals surface area contributed by atoms with Crippen molar-refractivity contribution in [1.82, 2.24) is 24.7 Å². The Hall–Kier alpha value is -2.44. The van der Waals surface area contributed by atoms with E-state index in [0.29, 0.717) is 6.54 Å². The second-order valence-electron chi connectivity index (χ2n) is 7.34. The van der Waals surface area contributed by atoms with Crippen LogP contribution < -0.4 is 5.69 Å². The molecule has 0 N–H and O–H groups in total. The molecule has 1 aromatic carbocycles. The summed E-state index contributed by atoms with van der Waals surface area (Å²) in [7, 11) is 0. The standard InChI is InChI=1S/C19H25N5O2/c1-2-22(16-11-7-4-8-12-16)17(25)23-18(26)24(21-20-23)19(13-14-19)15-9-5-3-6-10-15/h3,5-6,9-10,16H,2,4,7-8,11-14H2,1H3. The van der Waals surface area contributed by atoms with E-state index in [-0.39, 0.29) is 12.1 Å². The topological polar surface area (TPSA) is 73.0 Å². The summed E-state index contributed by atoms with van der Waals surface area (Å²) >= 11 is 0. The SMILES string of the molecule is CCN(C(=O)n1nnn(C2(c3ccccc3)CC2)c1=O)C1CCCCC1. The fourth-order valence-corrected chi connectivity index (χ4v) is 4.19. The van der Waals surface area contributed by atoms with Crippen LogP contribution in [0.5, 0.6) is 0 Å². The van der Waals surface area contributed by atoms with Gasteiger partial charge < -0.3 is 4.90 Å². The van der Waals surface area contributed by atoms with Crippen molar-refractivity contribution >= 4 is 6.03 Å². The predicted octanol–water partition coefficient (Wildman–Crippen LogP) is 2.60. The van der Waals surface area contributed by atoms with Crippen molar-refractivity contribution in [1.29, 1.82) is 0 Å². The minimum Gasteiger partial charge on any atom is -0.320 e. The van der Waals surface area contributed by atoms with Gasteiger partial charge in [-0.2, -0.15) is 4.68 Å². The molecular weight excluding hydrogens is 330 g/mol. The third-order valence-corrected chi connectivity index (χ3v) is 5.80. The van der Waals surface area contributed by atoms with Crippen LogP contribution in [-0.2, 0) is 5.54 Å². The first kappa shape index (κ1) is 17.0. The van der Waals surface area contributed by atoms with E-state index in [9.17, 15) is 9.59 Å². The van der Waals surface area contributed by atoms with E-state index in [1.54, 1.807) is 4.90 Å². The molecule has 2 aromatic rings. The Balaban J connectivity index is 1.63. The normalized spacial score (nSPS) is 19.3.